The maximum Gasteiger partial charge on any atom is 0.117 e. The zero-order valence-electron chi connectivity index (χ0n) is 18.4. The first kappa shape index (κ1) is 25.2. The van der Waals surface area contributed by atoms with E-state index >= 15 is 0 Å². The second-order valence-corrected chi connectivity index (χ2v) is 15.5. The minimum absolute atomic E-state index is 0. The average Bonchev–Trinajstić information content (AvgIpc) is 3.44. The molecule has 0 saturated heterocycles. The summed E-state index contributed by atoms with van der Waals surface area (Å²) in [6.45, 7) is 9.52. The number of benzene rings is 2. The van der Waals surface area contributed by atoms with Crippen molar-refractivity contribution in [1.29, 1.82) is 0 Å². The van der Waals surface area contributed by atoms with Crippen LogP contribution >= 0.6 is 22.7 Å². The molecule has 1 aliphatic heterocycles. The smallest absolute Gasteiger partial charge is 0.117 e. The van der Waals surface area contributed by atoms with Crippen LogP contribution in [0.15, 0.2) is 84.9 Å². The van der Waals surface area contributed by atoms with Gasteiger partial charge in [0.15, 0.2) is 0 Å². The Morgan fingerprint density at radius 3 is 1.18 bits per heavy atom. The molecule has 0 radical (unpaired) electrons. The molecule has 0 spiro atoms. The zero-order valence-corrected chi connectivity index (χ0v) is 21.0. The van der Waals surface area contributed by atoms with Crippen molar-refractivity contribution in [2.45, 2.75) is 41.8 Å². The third kappa shape index (κ3) is 4.38. The van der Waals surface area contributed by atoms with E-state index in [2.05, 4.69) is 112 Å². The SMILES string of the molecule is C.C.Cc1ccc(C2=C(c3ccccc3)C(c3ccccc3)=C(c3ccc(C)s3)[Si]2(C)C)s1. The number of thiophene rings is 2. The normalized spacial score (nSPS) is 14.8. The van der Waals surface area contributed by atoms with Gasteiger partial charge >= 0.3 is 0 Å². The Labute approximate surface area is 209 Å². The van der Waals surface area contributed by atoms with Gasteiger partial charge in [-0.1, -0.05) is 88.6 Å². The molecule has 2 aromatic carbocycles. The van der Waals surface area contributed by atoms with Crippen LogP contribution in [-0.2, 0) is 0 Å². The summed E-state index contributed by atoms with van der Waals surface area (Å²) < 4.78 is 0. The van der Waals surface area contributed by atoms with Gasteiger partial charge in [-0.05, 0) is 70.8 Å². The molecule has 5 rings (SSSR count). The van der Waals surface area contributed by atoms with E-state index < -0.39 is 8.07 Å². The fourth-order valence-electron chi connectivity index (χ4n) is 4.79. The van der Waals surface area contributed by atoms with Gasteiger partial charge in [-0.3, -0.25) is 0 Å². The van der Waals surface area contributed by atoms with Gasteiger partial charge in [-0.2, -0.15) is 0 Å². The minimum atomic E-state index is -1.97. The Balaban J connectivity index is 0.00000153. The highest BCUT2D eigenvalue weighted by Gasteiger charge is 2.44. The van der Waals surface area contributed by atoms with Crippen molar-refractivity contribution < 1.29 is 0 Å². The van der Waals surface area contributed by atoms with Gasteiger partial charge in [0.1, 0.15) is 8.07 Å². The van der Waals surface area contributed by atoms with Crippen LogP contribution in [-0.4, -0.2) is 8.07 Å². The van der Waals surface area contributed by atoms with E-state index in [1.54, 1.807) is 10.4 Å². The summed E-state index contributed by atoms with van der Waals surface area (Å²) in [5, 5.41) is 3.16. The van der Waals surface area contributed by atoms with Crippen LogP contribution in [0.4, 0.5) is 0 Å². The van der Waals surface area contributed by atoms with Gasteiger partial charge in [-0.15, -0.1) is 22.7 Å². The van der Waals surface area contributed by atoms with Crippen molar-refractivity contribution in [3.05, 3.63) is 116 Å². The number of allylic oxidation sites excluding steroid dienone is 2. The highest BCUT2D eigenvalue weighted by Crippen LogP contribution is 2.57. The second kappa shape index (κ2) is 9.80. The standard InChI is InChI=1S/C28H26S2Si.2CH4/c1-19-15-17-23(29-19)27-25(21-11-7-5-8-12-21)26(22-13-9-6-10-14-22)28(31(27,3)4)24-18-16-20(2)30-24;;/h5-18H,1-4H3;2*1H4. The van der Waals surface area contributed by atoms with Crippen molar-refractivity contribution in [1.82, 2.24) is 0 Å². The fourth-order valence-corrected chi connectivity index (χ4v) is 11.7. The summed E-state index contributed by atoms with van der Waals surface area (Å²) in [5.41, 5.74) is 5.52. The van der Waals surface area contributed by atoms with E-state index in [0.717, 1.165) is 0 Å². The predicted molar refractivity (Wildman–Crippen MR) is 156 cm³/mol. The Morgan fingerprint density at radius 2 is 0.879 bits per heavy atom. The molecule has 0 atom stereocenters. The molecule has 0 fully saturated rings. The molecule has 0 amide bonds. The van der Waals surface area contributed by atoms with Crippen LogP contribution in [0.3, 0.4) is 0 Å². The van der Waals surface area contributed by atoms with Crippen molar-refractivity contribution in [3.8, 4) is 0 Å². The number of rotatable bonds is 4. The van der Waals surface area contributed by atoms with Crippen LogP contribution in [0.25, 0.3) is 21.5 Å². The van der Waals surface area contributed by atoms with Crippen LogP contribution in [0.1, 0.15) is 45.5 Å². The zero-order chi connectivity index (χ0) is 21.6. The van der Waals surface area contributed by atoms with Crippen LogP contribution in [0, 0.1) is 13.8 Å². The van der Waals surface area contributed by atoms with E-state index in [0.29, 0.717) is 0 Å². The van der Waals surface area contributed by atoms with Gasteiger partial charge in [0, 0.05) is 19.5 Å². The molecule has 0 saturated carbocycles. The van der Waals surface area contributed by atoms with E-state index in [1.165, 1.54) is 41.8 Å². The third-order valence-corrected chi connectivity index (χ3v) is 12.0. The number of aryl methyl sites for hydroxylation is 2. The monoisotopic (exact) mass is 486 g/mol. The van der Waals surface area contributed by atoms with Crippen molar-refractivity contribution in [2.75, 3.05) is 0 Å². The van der Waals surface area contributed by atoms with E-state index in [-0.39, 0.29) is 14.9 Å². The van der Waals surface area contributed by atoms with Gasteiger partial charge in [0.2, 0.25) is 0 Å². The lowest BCUT2D eigenvalue weighted by molar-refractivity contribution is 1.59. The highest BCUT2D eigenvalue weighted by atomic mass is 32.1. The molecule has 1 aliphatic rings. The second-order valence-electron chi connectivity index (χ2n) is 8.68. The van der Waals surface area contributed by atoms with E-state index in [4.69, 9.17) is 0 Å². The molecule has 3 heteroatoms. The molecule has 170 valence electrons. The molecule has 2 aromatic heterocycles. The summed E-state index contributed by atoms with van der Waals surface area (Å²) in [7, 11) is -1.97. The van der Waals surface area contributed by atoms with Crippen molar-refractivity contribution in [2.24, 2.45) is 0 Å². The molecule has 0 unspecified atom stereocenters. The molecule has 4 aromatic rings. The van der Waals surface area contributed by atoms with Crippen LogP contribution in [0.2, 0.25) is 13.1 Å². The lowest BCUT2D eigenvalue weighted by atomic mass is 9.91. The molecule has 0 nitrogen and oxygen atoms in total. The van der Waals surface area contributed by atoms with Gasteiger partial charge < -0.3 is 0 Å². The van der Waals surface area contributed by atoms with E-state index in [1.807, 2.05) is 22.7 Å². The van der Waals surface area contributed by atoms with Gasteiger partial charge in [-0.25, -0.2) is 0 Å². The Hall–Kier alpha value is -2.46. The molecule has 0 aliphatic carbocycles. The first-order valence-corrected chi connectivity index (χ1v) is 15.3. The van der Waals surface area contributed by atoms with E-state index in [9.17, 15) is 0 Å². The molecular formula is C30H34S2Si. The molecular weight excluding hydrogens is 453 g/mol. The maximum absolute atomic E-state index is 2.54. The average molecular weight is 487 g/mol. The summed E-state index contributed by atoms with van der Waals surface area (Å²) in [6.07, 6.45) is 0. The van der Waals surface area contributed by atoms with Crippen LogP contribution in [0.5, 0.6) is 0 Å². The fraction of sp³-hybridized carbons (Fsp3) is 0.200. The first-order chi connectivity index (χ1) is 15.0. The van der Waals surface area contributed by atoms with Crippen molar-refractivity contribution in [3.63, 3.8) is 0 Å². The lowest BCUT2D eigenvalue weighted by Gasteiger charge is -2.24. The summed E-state index contributed by atoms with van der Waals surface area (Å²) in [6, 6.07) is 31.3. The first-order valence-electron chi connectivity index (χ1n) is 10.7. The lowest BCUT2D eigenvalue weighted by Crippen LogP contribution is -2.27. The third-order valence-electron chi connectivity index (χ3n) is 6.10. The molecule has 0 N–H and O–H groups in total. The Kier molecular flexibility index (Phi) is 7.47. The topological polar surface area (TPSA) is 0 Å². The number of hydrogen-bond acceptors (Lipinski definition) is 2. The quantitative estimate of drug-likeness (QED) is 0.252. The van der Waals surface area contributed by atoms with Gasteiger partial charge in [0.05, 0.1) is 0 Å². The maximum atomic E-state index is 2.54. The molecule has 3 heterocycles. The molecule has 33 heavy (non-hydrogen) atoms. The van der Waals surface area contributed by atoms with Gasteiger partial charge in [0.25, 0.3) is 0 Å². The molecule has 0 bridgehead atoms. The predicted octanol–water partition coefficient (Wildman–Crippen LogP) is 10.0. The summed E-state index contributed by atoms with van der Waals surface area (Å²) in [4.78, 5) is 5.62. The Morgan fingerprint density at radius 1 is 0.515 bits per heavy atom. The largest absolute Gasteiger partial charge is 0.141 e. The van der Waals surface area contributed by atoms with Crippen molar-refractivity contribution >= 4 is 52.3 Å². The van der Waals surface area contributed by atoms with Crippen LogP contribution < -0.4 is 0 Å². The minimum Gasteiger partial charge on any atom is -0.141 e. The highest BCUT2D eigenvalue weighted by molar-refractivity contribution is 7.23. The summed E-state index contributed by atoms with van der Waals surface area (Å²) >= 11 is 3.88. The summed E-state index contributed by atoms with van der Waals surface area (Å²) in [5.74, 6) is 0. The number of hydrogen-bond donors (Lipinski definition) is 0. The Bertz CT molecular complexity index is 1200.